The third kappa shape index (κ3) is 3.45. The van der Waals surface area contributed by atoms with Crippen LogP contribution in [0.25, 0.3) is 5.57 Å². The summed E-state index contributed by atoms with van der Waals surface area (Å²) >= 11 is 0. The number of aryl methyl sites for hydroxylation is 1. The Morgan fingerprint density at radius 3 is 2.71 bits per heavy atom. The van der Waals surface area contributed by atoms with Gasteiger partial charge in [-0.25, -0.2) is 9.18 Å². The molecule has 5 heteroatoms. The zero-order chi connectivity index (χ0) is 17.5. The number of halogens is 1. The predicted molar refractivity (Wildman–Crippen MR) is 91.0 cm³/mol. The zero-order valence-corrected chi connectivity index (χ0v) is 14.8. The first-order chi connectivity index (χ1) is 11.2. The third-order valence-electron chi connectivity index (χ3n) is 4.59. The average Bonchev–Trinajstić information content (AvgIpc) is 2.47. The number of rotatable bonds is 1. The molecule has 0 saturated carbocycles. The monoisotopic (exact) mass is 332 g/mol. The summed E-state index contributed by atoms with van der Waals surface area (Å²) in [5.74, 6) is -0.286. The summed E-state index contributed by atoms with van der Waals surface area (Å²) in [6, 6.07) is 3.36. The number of pyridine rings is 1. The molecule has 1 fully saturated rings. The molecule has 130 valence electrons. The van der Waals surface area contributed by atoms with E-state index in [0.29, 0.717) is 5.69 Å². The number of hydrogen-bond donors (Lipinski definition) is 0. The van der Waals surface area contributed by atoms with Gasteiger partial charge in [0.25, 0.3) is 0 Å². The van der Waals surface area contributed by atoms with Crippen molar-refractivity contribution in [2.45, 2.75) is 71.1 Å². The van der Waals surface area contributed by atoms with Crippen LogP contribution in [0, 0.1) is 12.7 Å². The van der Waals surface area contributed by atoms with Crippen LogP contribution in [0.5, 0.6) is 0 Å². The summed E-state index contributed by atoms with van der Waals surface area (Å²) in [5.41, 5.74) is 1.83. The van der Waals surface area contributed by atoms with Crippen LogP contribution in [0.1, 0.15) is 57.8 Å². The Morgan fingerprint density at radius 1 is 1.33 bits per heavy atom. The molecule has 3 heterocycles. The first kappa shape index (κ1) is 16.9. The van der Waals surface area contributed by atoms with Crippen molar-refractivity contribution >= 4 is 11.7 Å². The highest BCUT2D eigenvalue weighted by Gasteiger charge is 2.39. The fraction of sp³-hybridized carbons (Fsp3) is 0.579. The quantitative estimate of drug-likeness (QED) is 0.762. The van der Waals surface area contributed by atoms with E-state index in [2.05, 4.69) is 11.1 Å². The van der Waals surface area contributed by atoms with Gasteiger partial charge in [-0.05, 0) is 71.1 Å². The molecule has 2 bridgehead atoms. The second kappa shape index (κ2) is 6.19. The summed E-state index contributed by atoms with van der Waals surface area (Å²) < 4.78 is 19.1. The van der Waals surface area contributed by atoms with Crippen LogP contribution >= 0.6 is 0 Å². The summed E-state index contributed by atoms with van der Waals surface area (Å²) in [6.07, 6.45) is 5.62. The number of amides is 1. The van der Waals surface area contributed by atoms with Gasteiger partial charge in [0, 0.05) is 6.04 Å². The van der Waals surface area contributed by atoms with Gasteiger partial charge in [0.1, 0.15) is 11.4 Å². The van der Waals surface area contributed by atoms with Crippen LogP contribution in [0.4, 0.5) is 9.18 Å². The molecule has 2 unspecified atom stereocenters. The lowest BCUT2D eigenvalue weighted by Gasteiger charge is -2.45. The molecular weight excluding hydrogens is 307 g/mol. The molecule has 2 atom stereocenters. The normalized spacial score (nSPS) is 23.7. The van der Waals surface area contributed by atoms with Crippen molar-refractivity contribution in [3.05, 3.63) is 35.4 Å². The van der Waals surface area contributed by atoms with Crippen LogP contribution < -0.4 is 0 Å². The molecule has 3 rings (SSSR count). The van der Waals surface area contributed by atoms with Gasteiger partial charge in [-0.2, -0.15) is 0 Å². The molecule has 2 aliphatic rings. The van der Waals surface area contributed by atoms with E-state index in [9.17, 15) is 9.18 Å². The molecule has 1 saturated heterocycles. The molecule has 0 aliphatic carbocycles. The Kier molecular flexibility index (Phi) is 4.37. The number of ether oxygens (including phenoxy) is 1. The van der Waals surface area contributed by atoms with Crippen LogP contribution in [0.2, 0.25) is 0 Å². The Hall–Kier alpha value is -1.91. The number of carbonyl (C=O) groups excluding carboxylic acids is 1. The molecule has 4 nitrogen and oxygen atoms in total. The van der Waals surface area contributed by atoms with Crippen molar-refractivity contribution in [2.75, 3.05) is 0 Å². The van der Waals surface area contributed by atoms with Gasteiger partial charge in [0.15, 0.2) is 0 Å². The van der Waals surface area contributed by atoms with Crippen molar-refractivity contribution in [3.8, 4) is 0 Å². The third-order valence-corrected chi connectivity index (χ3v) is 4.59. The van der Waals surface area contributed by atoms with E-state index in [0.717, 1.165) is 37.0 Å². The summed E-state index contributed by atoms with van der Waals surface area (Å²) in [7, 11) is 0. The zero-order valence-electron chi connectivity index (χ0n) is 14.8. The van der Waals surface area contributed by atoms with E-state index in [1.165, 1.54) is 6.07 Å². The number of fused-ring (bicyclic) bond motifs is 2. The molecule has 24 heavy (non-hydrogen) atoms. The maximum Gasteiger partial charge on any atom is 0.411 e. The SMILES string of the molecule is Cc1nc(C2=CC3CCCC(C2)N3C(=O)OC(C)(C)C)ccc1F. The van der Waals surface area contributed by atoms with Gasteiger partial charge in [-0.3, -0.25) is 9.88 Å². The molecule has 2 aliphatic heterocycles. The van der Waals surface area contributed by atoms with Gasteiger partial charge < -0.3 is 4.74 Å². The number of aromatic nitrogens is 1. The van der Waals surface area contributed by atoms with E-state index in [4.69, 9.17) is 4.74 Å². The van der Waals surface area contributed by atoms with Crippen molar-refractivity contribution in [1.29, 1.82) is 0 Å². The van der Waals surface area contributed by atoms with Crippen molar-refractivity contribution in [2.24, 2.45) is 0 Å². The number of hydrogen-bond acceptors (Lipinski definition) is 3. The Balaban J connectivity index is 1.87. The second-order valence-electron chi connectivity index (χ2n) is 7.70. The number of nitrogens with zero attached hydrogens (tertiary/aromatic N) is 2. The summed E-state index contributed by atoms with van der Waals surface area (Å²) in [5, 5.41) is 0. The van der Waals surface area contributed by atoms with Crippen LogP contribution in [-0.4, -0.2) is 33.7 Å². The van der Waals surface area contributed by atoms with Gasteiger partial charge in [0.05, 0.1) is 17.4 Å². The van der Waals surface area contributed by atoms with Gasteiger partial charge in [-0.1, -0.05) is 6.08 Å². The topological polar surface area (TPSA) is 42.4 Å². The Labute approximate surface area is 142 Å². The van der Waals surface area contributed by atoms with E-state index < -0.39 is 5.60 Å². The van der Waals surface area contributed by atoms with Crippen LogP contribution in [-0.2, 0) is 4.74 Å². The fourth-order valence-electron chi connectivity index (χ4n) is 3.54. The molecular formula is C19H25FN2O2. The van der Waals surface area contributed by atoms with E-state index in [-0.39, 0.29) is 24.0 Å². The molecule has 1 aromatic heterocycles. The standard InChI is InChI=1S/C19H25FN2O2/c1-12-16(20)8-9-17(21-12)13-10-14-6-5-7-15(11-13)22(14)18(23)24-19(2,3)4/h8-10,14-15H,5-7,11H2,1-4H3. The summed E-state index contributed by atoms with van der Waals surface area (Å²) in [4.78, 5) is 18.8. The highest BCUT2D eigenvalue weighted by Crippen LogP contribution is 2.37. The minimum absolute atomic E-state index is 0.0366. The maximum atomic E-state index is 13.5. The highest BCUT2D eigenvalue weighted by molar-refractivity contribution is 5.74. The van der Waals surface area contributed by atoms with Crippen molar-refractivity contribution < 1.29 is 13.9 Å². The first-order valence-electron chi connectivity index (χ1n) is 8.60. The lowest BCUT2D eigenvalue weighted by molar-refractivity contribution is 0.0000654. The maximum absolute atomic E-state index is 13.5. The van der Waals surface area contributed by atoms with Crippen molar-refractivity contribution in [3.63, 3.8) is 0 Å². The van der Waals surface area contributed by atoms with Gasteiger partial charge in [0.2, 0.25) is 0 Å². The molecule has 0 spiro atoms. The fourth-order valence-corrected chi connectivity index (χ4v) is 3.54. The average molecular weight is 332 g/mol. The molecule has 1 aromatic rings. The lowest BCUT2D eigenvalue weighted by Crippen LogP contribution is -2.53. The minimum atomic E-state index is -0.495. The van der Waals surface area contributed by atoms with Crippen molar-refractivity contribution in [1.82, 2.24) is 9.88 Å². The van der Waals surface area contributed by atoms with E-state index >= 15 is 0 Å². The minimum Gasteiger partial charge on any atom is -0.444 e. The highest BCUT2D eigenvalue weighted by atomic mass is 19.1. The second-order valence-corrected chi connectivity index (χ2v) is 7.70. The number of piperidine rings is 1. The smallest absolute Gasteiger partial charge is 0.411 e. The van der Waals surface area contributed by atoms with E-state index in [1.807, 2.05) is 25.7 Å². The largest absolute Gasteiger partial charge is 0.444 e. The van der Waals surface area contributed by atoms with Crippen LogP contribution in [0.3, 0.4) is 0 Å². The van der Waals surface area contributed by atoms with Gasteiger partial charge >= 0.3 is 6.09 Å². The Morgan fingerprint density at radius 2 is 2.08 bits per heavy atom. The Bertz CT molecular complexity index is 678. The molecule has 1 amide bonds. The molecule has 0 N–H and O–H groups in total. The molecule has 0 aromatic carbocycles. The molecule has 0 radical (unpaired) electrons. The number of carbonyl (C=O) groups is 1. The predicted octanol–water partition coefficient (Wildman–Crippen LogP) is 4.47. The van der Waals surface area contributed by atoms with Crippen LogP contribution in [0.15, 0.2) is 18.2 Å². The summed E-state index contributed by atoms with van der Waals surface area (Å²) in [6.45, 7) is 7.33. The van der Waals surface area contributed by atoms with E-state index in [1.54, 1.807) is 13.0 Å². The lowest BCUT2D eigenvalue weighted by atomic mass is 9.84. The van der Waals surface area contributed by atoms with Gasteiger partial charge in [-0.15, -0.1) is 0 Å². The first-order valence-corrected chi connectivity index (χ1v) is 8.60.